The van der Waals surface area contributed by atoms with Crippen LogP contribution >= 0.6 is 15.9 Å². The van der Waals surface area contributed by atoms with E-state index >= 15 is 0 Å². The van der Waals surface area contributed by atoms with E-state index in [0.29, 0.717) is 6.54 Å². The lowest BCUT2D eigenvalue weighted by molar-refractivity contribution is 0.487. The van der Waals surface area contributed by atoms with Crippen molar-refractivity contribution in [1.29, 1.82) is 0 Å². The topological polar surface area (TPSA) is 39.2 Å². The van der Waals surface area contributed by atoms with Gasteiger partial charge >= 0.3 is 0 Å². The summed E-state index contributed by atoms with van der Waals surface area (Å²) in [5.74, 6) is 0.981. The molecule has 0 amide bonds. The van der Waals surface area contributed by atoms with Gasteiger partial charge in [0, 0.05) is 6.42 Å². The third kappa shape index (κ3) is 1.61. The zero-order valence-corrected chi connectivity index (χ0v) is 7.44. The Morgan fingerprint density at radius 1 is 1.70 bits per heavy atom. The first-order chi connectivity index (χ1) is 4.74. The third-order valence-corrected chi connectivity index (χ3v) is 1.75. The van der Waals surface area contributed by atoms with Crippen molar-refractivity contribution in [2.24, 2.45) is 5.73 Å². The molecular formula is C7H10BrNO. The van der Waals surface area contributed by atoms with Gasteiger partial charge in [0.15, 0.2) is 4.67 Å². The van der Waals surface area contributed by atoms with Crippen LogP contribution in [0, 0.1) is 6.92 Å². The Morgan fingerprint density at radius 2 is 2.40 bits per heavy atom. The summed E-state index contributed by atoms with van der Waals surface area (Å²) in [5, 5.41) is 0. The summed E-state index contributed by atoms with van der Waals surface area (Å²) in [4.78, 5) is 0. The Labute approximate surface area is 68.5 Å². The first-order valence-electron chi connectivity index (χ1n) is 3.19. The van der Waals surface area contributed by atoms with Crippen molar-refractivity contribution >= 4 is 15.9 Å². The summed E-state index contributed by atoms with van der Waals surface area (Å²) in [6, 6.07) is 1.95. The standard InChI is InChI=1S/C7H10BrNO/c1-5-4-7(8)10-6(5)2-3-9/h4H,2-3,9H2,1H3. The number of rotatable bonds is 2. The van der Waals surface area contributed by atoms with Gasteiger partial charge in [-0.25, -0.2) is 0 Å². The number of nitrogens with two attached hydrogens (primary N) is 1. The molecule has 0 aliphatic carbocycles. The fourth-order valence-corrected chi connectivity index (χ4v) is 1.40. The van der Waals surface area contributed by atoms with E-state index in [2.05, 4.69) is 15.9 Å². The van der Waals surface area contributed by atoms with Gasteiger partial charge in [-0.2, -0.15) is 0 Å². The molecule has 1 rings (SSSR count). The van der Waals surface area contributed by atoms with Crippen molar-refractivity contribution in [2.45, 2.75) is 13.3 Å². The van der Waals surface area contributed by atoms with E-state index in [9.17, 15) is 0 Å². The van der Waals surface area contributed by atoms with E-state index in [-0.39, 0.29) is 0 Å². The van der Waals surface area contributed by atoms with Gasteiger partial charge < -0.3 is 10.2 Å². The molecule has 10 heavy (non-hydrogen) atoms. The molecule has 2 N–H and O–H groups in total. The van der Waals surface area contributed by atoms with E-state index in [1.54, 1.807) is 0 Å². The van der Waals surface area contributed by atoms with Crippen LogP contribution in [-0.2, 0) is 6.42 Å². The molecule has 56 valence electrons. The summed E-state index contributed by atoms with van der Waals surface area (Å²) in [7, 11) is 0. The van der Waals surface area contributed by atoms with Gasteiger partial charge in [0.25, 0.3) is 0 Å². The minimum absolute atomic E-state index is 0.640. The zero-order chi connectivity index (χ0) is 7.56. The number of hydrogen-bond donors (Lipinski definition) is 1. The second-order valence-corrected chi connectivity index (χ2v) is 2.98. The van der Waals surface area contributed by atoms with E-state index in [4.69, 9.17) is 10.2 Å². The third-order valence-electron chi connectivity index (χ3n) is 1.36. The lowest BCUT2D eigenvalue weighted by Gasteiger charge is -1.91. The molecule has 0 spiro atoms. The van der Waals surface area contributed by atoms with Gasteiger partial charge in [0.05, 0.1) is 0 Å². The average Bonchev–Trinajstić information content (AvgIpc) is 2.13. The smallest absolute Gasteiger partial charge is 0.169 e. The Balaban J connectivity index is 2.81. The Bertz CT molecular complexity index is 219. The van der Waals surface area contributed by atoms with Crippen molar-refractivity contribution < 1.29 is 4.42 Å². The van der Waals surface area contributed by atoms with Crippen LogP contribution in [0.2, 0.25) is 0 Å². The molecule has 1 aromatic heterocycles. The molecule has 1 aromatic rings. The molecule has 0 aromatic carbocycles. The molecule has 0 radical (unpaired) electrons. The highest BCUT2D eigenvalue weighted by Crippen LogP contribution is 2.19. The van der Waals surface area contributed by atoms with Crippen molar-refractivity contribution in [1.82, 2.24) is 0 Å². The first-order valence-corrected chi connectivity index (χ1v) is 3.98. The summed E-state index contributed by atoms with van der Waals surface area (Å²) in [6.07, 6.45) is 0.817. The molecule has 1 heterocycles. The van der Waals surface area contributed by atoms with Gasteiger partial charge in [-0.3, -0.25) is 0 Å². The molecular weight excluding hydrogens is 194 g/mol. The summed E-state index contributed by atoms with van der Waals surface area (Å²) < 4.78 is 6.08. The predicted molar refractivity (Wildman–Crippen MR) is 43.9 cm³/mol. The largest absolute Gasteiger partial charge is 0.454 e. The van der Waals surface area contributed by atoms with Crippen LogP contribution in [-0.4, -0.2) is 6.54 Å². The minimum Gasteiger partial charge on any atom is -0.454 e. The highest BCUT2D eigenvalue weighted by atomic mass is 79.9. The molecule has 2 nitrogen and oxygen atoms in total. The normalized spacial score (nSPS) is 10.3. The van der Waals surface area contributed by atoms with Crippen molar-refractivity contribution in [3.05, 3.63) is 22.1 Å². The summed E-state index contributed by atoms with van der Waals surface area (Å²) >= 11 is 3.25. The maximum absolute atomic E-state index is 5.36. The first kappa shape index (κ1) is 7.82. The van der Waals surface area contributed by atoms with Crippen LogP contribution in [0.4, 0.5) is 0 Å². The zero-order valence-electron chi connectivity index (χ0n) is 5.86. The van der Waals surface area contributed by atoms with E-state index in [1.165, 1.54) is 0 Å². The Hall–Kier alpha value is -0.280. The van der Waals surface area contributed by atoms with Gasteiger partial charge in [0.2, 0.25) is 0 Å². The quantitative estimate of drug-likeness (QED) is 0.798. The van der Waals surface area contributed by atoms with Crippen LogP contribution in [0.1, 0.15) is 11.3 Å². The average molecular weight is 204 g/mol. The van der Waals surface area contributed by atoms with Gasteiger partial charge in [-0.15, -0.1) is 0 Å². The van der Waals surface area contributed by atoms with Crippen molar-refractivity contribution in [2.75, 3.05) is 6.54 Å². The molecule has 0 aliphatic heterocycles. The highest BCUT2D eigenvalue weighted by Gasteiger charge is 2.02. The van der Waals surface area contributed by atoms with Gasteiger partial charge in [-0.1, -0.05) is 0 Å². The molecule has 0 aliphatic rings. The van der Waals surface area contributed by atoms with Crippen molar-refractivity contribution in [3.63, 3.8) is 0 Å². The van der Waals surface area contributed by atoms with Gasteiger partial charge in [0.1, 0.15) is 5.76 Å². The Kier molecular flexibility index (Phi) is 2.51. The second-order valence-electron chi connectivity index (χ2n) is 2.20. The van der Waals surface area contributed by atoms with E-state index in [1.807, 2.05) is 13.0 Å². The fraction of sp³-hybridized carbons (Fsp3) is 0.429. The number of hydrogen-bond acceptors (Lipinski definition) is 2. The molecule has 0 saturated carbocycles. The second kappa shape index (κ2) is 3.21. The van der Waals surface area contributed by atoms with E-state index in [0.717, 1.165) is 22.4 Å². The molecule has 3 heteroatoms. The number of furan rings is 1. The summed E-state index contributed by atoms with van der Waals surface area (Å²) in [5.41, 5.74) is 6.53. The van der Waals surface area contributed by atoms with Crippen LogP contribution < -0.4 is 5.73 Å². The van der Waals surface area contributed by atoms with Gasteiger partial charge in [-0.05, 0) is 41.0 Å². The number of aryl methyl sites for hydroxylation is 1. The maximum Gasteiger partial charge on any atom is 0.169 e. The Morgan fingerprint density at radius 3 is 2.80 bits per heavy atom. The lowest BCUT2D eigenvalue weighted by atomic mass is 10.2. The van der Waals surface area contributed by atoms with Crippen LogP contribution in [0.25, 0.3) is 0 Å². The fourth-order valence-electron chi connectivity index (χ4n) is 0.858. The maximum atomic E-state index is 5.36. The molecule has 0 fully saturated rings. The minimum atomic E-state index is 0.640. The SMILES string of the molecule is Cc1cc(Br)oc1CCN. The molecule has 0 unspecified atom stereocenters. The highest BCUT2D eigenvalue weighted by molar-refractivity contribution is 9.10. The molecule has 0 bridgehead atoms. The van der Waals surface area contributed by atoms with Crippen LogP contribution in [0.15, 0.2) is 15.2 Å². The number of halogens is 1. The molecule has 0 atom stereocenters. The lowest BCUT2D eigenvalue weighted by Crippen LogP contribution is -2.02. The monoisotopic (exact) mass is 203 g/mol. The predicted octanol–water partition coefficient (Wildman–Crippen LogP) is 1.85. The summed E-state index contributed by atoms with van der Waals surface area (Å²) in [6.45, 7) is 2.65. The van der Waals surface area contributed by atoms with Crippen LogP contribution in [0.3, 0.4) is 0 Å². The van der Waals surface area contributed by atoms with Crippen molar-refractivity contribution in [3.8, 4) is 0 Å². The van der Waals surface area contributed by atoms with E-state index < -0.39 is 0 Å². The molecule has 0 saturated heterocycles. The van der Waals surface area contributed by atoms with Crippen LogP contribution in [0.5, 0.6) is 0 Å².